The van der Waals surface area contributed by atoms with E-state index in [1.807, 2.05) is 25.7 Å². The number of ether oxygens (including phenoxy) is 1. The summed E-state index contributed by atoms with van der Waals surface area (Å²) >= 11 is 0. The lowest BCUT2D eigenvalue weighted by atomic mass is 9.92. The molecule has 2 saturated heterocycles. The van der Waals surface area contributed by atoms with Gasteiger partial charge < -0.3 is 20.3 Å². The maximum absolute atomic E-state index is 12.6. The second-order valence-corrected chi connectivity index (χ2v) is 7.75. The Morgan fingerprint density at radius 2 is 1.52 bits per heavy atom. The SMILES string of the molecule is CC(C)(C)OC(=O)N1CCC(C(=O)N2CCC(CN)CC2)CC1. The zero-order valence-corrected chi connectivity index (χ0v) is 14.7. The van der Waals surface area contributed by atoms with E-state index in [9.17, 15) is 9.59 Å². The molecule has 0 radical (unpaired) electrons. The van der Waals surface area contributed by atoms with Crippen molar-refractivity contribution in [3.8, 4) is 0 Å². The van der Waals surface area contributed by atoms with E-state index in [-0.39, 0.29) is 17.9 Å². The van der Waals surface area contributed by atoms with Gasteiger partial charge in [-0.05, 0) is 58.9 Å². The summed E-state index contributed by atoms with van der Waals surface area (Å²) in [4.78, 5) is 28.4. The summed E-state index contributed by atoms with van der Waals surface area (Å²) in [6.45, 7) is 9.18. The third-order valence-electron chi connectivity index (χ3n) is 4.76. The van der Waals surface area contributed by atoms with E-state index in [2.05, 4.69) is 0 Å². The predicted octanol–water partition coefficient (Wildman–Crippen LogP) is 1.83. The smallest absolute Gasteiger partial charge is 0.410 e. The van der Waals surface area contributed by atoms with Gasteiger partial charge in [-0.15, -0.1) is 0 Å². The highest BCUT2D eigenvalue weighted by Gasteiger charge is 2.33. The molecule has 2 heterocycles. The first-order valence-corrected chi connectivity index (χ1v) is 8.77. The minimum atomic E-state index is -0.475. The van der Waals surface area contributed by atoms with Crippen LogP contribution < -0.4 is 5.73 Å². The number of rotatable bonds is 2. The normalized spacial score (nSPS) is 21.4. The molecule has 0 spiro atoms. The average Bonchev–Trinajstić information content (AvgIpc) is 2.53. The first kappa shape index (κ1) is 18.0. The second-order valence-electron chi connectivity index (χ2n) is 7.75. The number of hydrogen-bond acceptors (Lipinski definition) is 4. The fourth-order valence-corrected chi connectivity index (χ4v) is 3.28. The Bertz CT molecular complexity index is 417. The maximum Gasteiger partial charge on any atom is 0.410 e. The molecule has 6 heteroatoms. The number of nitrogens with zero attached hydrogens (tertiary/aromatic N) is 2. The lowest BCUT2D eigenvalue weighted by Crippen LogP contribution is -2.47. The standard InChI is InChI=1S/C17H31N3O3/c1-17(2,3)23-16(22)20-10-6-14(7-11-20)15(21)19-8-4-13(12-18)5-9-19/h13-14H,4-12,18H2,1-3H3. The number of piperidine rings is 2. The van der Waals surface area contributed by atoms with E-state index >= 15 is 0 Å². The van der Waals surface area contributed by atoms with Gasteiger partial charge in [0.05, 0.1) is 0 Å². The Balaban J connectivity index is 1.78. The molecule has 2 rings (SSSR count). The topological polar surface area (TPSA) is 75.9 Å². The molecule has 0 saturated carbocycles. The van der Waals surface area contributed by atoms with Crippen LogP contribution in [0.25, 0.3) is 0 Å². The number of amides is 2. The van der Waals surface area contributed by atoms with Gasteiger partial charge in [-0.3, -0.25) is 4.79 Å². The average molecular weight is 325 g/mol. The third kappa shape index (κ3) is 5.09. The molecule has 2 aliphatic rings. The Morgan fingerprint density at radius 1 is 1.00 bits per heavy atom. The van der Waals surface area contributed by atoms with Crippen LogP contribution in [0.15, 0.2) is 0 Å². The molecule has 0 aromatic rings. The van der Waals surface area contributed by atoms with Gasteiger partial charge in [-0.1, -0.05) is 0 Å². The largest absolute Gasteiger partial charge is 0.444 e. The van der Waals surface area contributed by atoms with Crippen LogP contribution in [-0.4, -0.2) is 60.1 Å². The molecular weight excluding hydrogens is 294 g/mol. The Hall–Kier alpha value is -1.30. The molecule has 2 N–H and O–H groups in total. The van der Waals surface area contributed by atoms with Crippen LogP contribution in [0.2, 0.25) is 0 Å². The number of carbonyl (C=O) groups excluding carboxylic acids is 2. The Kier molecular flexibility index (Phi) is 5.89. The summed E-state index contributed by atoms with van der Waals surface area (Å²) in [5.74, 6) is 0.862. The molecule has 2 amide bonds. The molecule has 0 aromatic heterocycles. The monoisotopic (exact) mass is 325 g/mol. The molecule has 2 fully saturated rings. The highest BCUT2D eigenvalue weighted by Crippen LogP contribution is 2.24. The summed E-state index contributed by atoms with van der Waals surface area (Å²) in [6, 6.07) is 0. The summed E-state index contributed by atoms with van der Waals surface area (Å²) in [7, 11) is 0. The van der Waals surface area contributed by atoms with Crippen molar-refractivity contribution in [3.05, 3.63) is 0 Å². The van der Waals surface area contributed by atoms with Crippen molar-refractivity contribution in [2.24, 2.45) is 17.6 Å². The fraction of sp³-hybridized carbons (Fsp3) is 0.882. The summed E-state index contributed by atoms with van der Waals surface area (Å²) < 4.78 is 5.39. The van der Waals surface area contributed by atoms with Gasteiger partial charge in [0, 0.05) is 32.1 Å². The van der Waals surface area contributed by atoms with Gasteiger partial charge in [0.25, 0.3) is 0 Å². The van der Waals surface area contributed by atoms with Gasteiger partial charge in [0.2, 0.25) is 5.91 Å². The van der Waals surface area contributed by atoms with Crippen LogP contribution >= 0.6 is 0 Å². The first-order chi connectivity index (χ1) is 10.8. The third-order valence-corrected chi connectivity index (χ3v) is 4.76. The van der Waals surface area contributed by atoms with E-state index in [1.54, 1.807) is 4.90 Å². The highest BCUT2D eigenvalue weighted by atomic mass is 16.6. The van der Waals surface area contributed by atoms with E-state index in [0.717, 1.165) is 45.3 Å². The quantitative estimate of drug-likeness (QED) is 0.840. The van der Waals surface area contributed by atoms with Crippen molar-refractivity contribution < 1.29 is 14.3 Å². The Labute approximate surface area is 139 Å². The minimum Gasteiger partial charge on any atom is -0.444 e. The molecule has 0 bridgehead atoms. The molecular formula is C17H31N3O3. The van der Waals surface area contributed by atoms with E-state index < -0.39 is 5.60 Å². The first-order valence-electron chi connectivity index (χ1n) is 8.77. The molecule has 23 heavy (non-hydrogen) atoms. The van der Waals surface area contributed by atoms with Gasteiger partial charge in [-0.2, -0.15) is 0 Å². The van der Waals surface area contributed by atoms with E-state index in [1.165, 1.54) is 0 Å². The molecule has 2 aliphatic heterocycles. The van der Waals surface area contributed by atoms with Crippen molar-refractivity contribution in [1.29, 1.82) is 0 Å². The maximum atomic E-state index is 12.6. The van der Waals surface area contributed by atoms with Crippen LogP contribution in [0.3, 0.4) is 0 Å². The van der Waals surface area contributed by atoms with Gasteiger partial charge >= 0.3 is 6.09 Å². The molecule has 0 atom stereocenters. The summed E-state index contributed by atoms with van der Waals surface area (Å²) in [5.41, 5.74) is 5.23. The zero-order valence-electron chi connectivity index (χ0n) is 14.7. The van der Waals surface area contributed by atoms with E-state index in [4.69, 9.17) is 10.5 Å². The molecule has 6 nitrogen and oxygen atoms in total. The molecule has 132 valence electrons. The second kappa shape index (κ2) is 7.51. The van der Waals surface area contributed by atoms with Crippen molar-refractivity contribution in [2.45, 2.75) is 52.1 Å². The van der Waals surface area contributed by atoms with Gasteiger partial charge in [0.1, 0.15) is 5.60 Å². The van der Waals surface area contributed by atoms with Crippen LogP contribution in [0.5, 0.6) is 0 Å². The lowest BCUT2D eigenvalue weighted by molar-refractivity contribution is -0.138. The van der Waals surface area contributed by atoms with Gasteiger partial charge in [-0.25, -0.2) is 4.79 Å². The van der Waals surface area contributed by atoms with Crippen LogP contribution in [0.4, 0.5) is 4.79 Å². The minimum absolute atomic E-state index is 0.0445. The molecule has 0 unspecified atom stereocenters. The number of carbonyl (C=O) groups is 2. The van der Waals surface area contributed by atoms with Crippen molar-refractivity contribution in [3.63, 3.8) is 0 Å². The van der Waals surface area contributed by atoms with Crippen LogP contribution in [-0.2, 0) is 9.53 Å². The summed E-state index contributed by atoms with van der Waals surface area (Å²) in [6.07, 6.45) is 3.22. The van der Waals surface area contributed by atoms with E-state index in [0.29, 0.717) is 19.0 Å². The van der Waals surface area contributed by atoms with Crippen molar-refractivity contribution >= 4 is 12.0 Å². The van der Waals surface area contributed by atoms with Crippen molar-refractivity contribution in [2.75, 3.05) is 32.7 Å². The number of nitrogens with two attached hydrogens (primary N) is 1. The fourth-order valence-electron chi connectivity index (χ4n) is 3.28. The highest BCUT2D eigenvalue weighted by molar-refractivity contribution is 5.79. The number of hydrogen-bond donors (Lipinski definition) is 1. The zero-order chi connectivity index (χ0) is 17.0. The summed E-state index contributed by atoms with van der Waals surface area (Å²) in [5, 5.41) is 0. The molecule has 0 aliphatic carbocycles. The predicted molar refractivity (Wildman–Crippen MR) is 88.9 cm³/mol. The van der Waals surface area contributed by atoms with Gasteiger partial charge in [0.15, 0.2) is 0 Å². The van der Waals surface area contributed by atoms with Crippen LogP contribution in [0, 0.1) is 11.8 Å². The lowest BCUT2D eigenvalue weighted by Gasteiger charge is -2.37. The Morgan fingerprint density at radius 3 is 2.00 bits per heavy atom. The van der Waals surface area contributed by atoms with Crippen molar-refractivity contribution in [1.82, 2.24) is 9.80 Å². The molecule has 0 aromatic carbocycles. The number of likely N-dealkylation sites (tertiary alicyclic amines) is 2. The van der Waals surface area contributed by atoms with Crippen LogP contribution in [0.1, 0.15) is 46.5 Å².